The molecular formula is C7H9N2NaO4S. The van der Waals surface area contributed by atoms with Gasteiger partial charge in [-0.3, -0.25) is 4.84 Å². The molecule has 0 atom stereocenters. The van der Waals surface area contributed by atoms with Crippen LogP contribution in [-0.4, -0.2) is 20.1 Å². The molecule has 1 aromatic carbocycles. The number of benzene rings is 1. The van der Waals surface area contributed by atoms with E-state index in [1.165, 1.54) is 19.2 Å². The first kappa shape index (κ1) is 14.8. The van der Waals surface area contributed by atoms with Crippen molar-refractivity contribution in [3.63, 3.8) is 0 Å². The third-order valence-corrected chi connectivity index (χ3v) is 2.12. The zero-order valence-corrected chi connectivity index (χ0v) is 11.2. The van der Waals surface area contributed by atoms with Crippen molar-refractivity contribution in [1.29, 1.82) is 0 Å². The van der Waals surface area contributed by atoms with Crippen molar-refractivity contribution in [1.82, 2.24) is 5.59 Å². The quantitative estimate of drug-likeness (QED) is 0.345. The Hall–Kier alpha value is -0.150. The summed E-state index contributed by atoms with van der Waals surface area (Å²) in [6, 6.07) is 7.82. The summed E-state index contributed by atoms with van der Waals surface area (Å²) in [4.78, 5) is 4.38. The Morgan fingerprint density at radius 3 is 2.27 bits per heavy atom. The fourth-order valence-electron chi connectivity index (χ4n) is 0.874. The van der Waals surface area contributed by atoms with Gasteiger partial charge >= 0.3 is 29.6 Å². The van der Waals surface area contributed by atoms with E-state index in [0.29, 0.717) is 4.41 Å². The maximum absolute atomic E-state index is 10.7. The van der Waals surface area contributed by atoms with Crippen LogP contribution in [0.25, 0.3) is 0 Å². The average molecular weight is 240 g/mol. The minimum absolute atomic E-state index is 0. The predicted octanol–water partition coefficient (Wildman–Crippen LogP) is -2.98. The Morgan fingerprint density at radius 2 is 1.87 bits per heavy atom. The minimum Gasteiger partial charge on any atom is -0.730 e. The number of hydrogen-bond donors (Lipinski definition) is 1. The maximum Gasteiger partial charge on any atom is 1.00 e. The first-order chi connectivity index (χ1) is 6.55. The molecule has 78 valence electrons. The number of para-hydroxylation sites is 1. The summed E-state index contributed by atoms with van der Waals surface area (Å²) in [6.07, 6.45) is 0. The molecule has 0 saturated heterocycles. The van der Waals surface area contributed by atoms with Gasteiger partial charge in [0, 0.05) is 0 Å². The number of hydrazine groups is 1. The molecule has 0 unspecified atom stereocenters. The number of nitrogens with one attached hydrogen (secondary N) is 1. The third-order valence-electron chi connectivity index (χ3n) is 1.39. The van der Waals surface area contributed by atoms with Gasteiger partial charge in [-0.25, -0.2) is 8.42 Å². The molecule has 1 rings (SSSR count). The molecule has 0 aliphatic heterocycles. The van der Waals surface area contributed by atoms with E-state index in [9.17, 15) is 13.0 Å². The van der Waals surface area contributed by atoms with Crippen LogP contribution in [0.15, 0.2) is 30.3 Å². The summed E-state index contributed by atoms with van der Waals surface area (Å²) < 4.78 is 32.6. The summed E-state index contributed by atoms with van der Waals surface area (Å²) >= 11 is 0. The van der Waals surface area contributed by atoms with E-state index >= 15 is 0 Å². The van der Waals surface area contributed by atoms with E-state index < -0.39 is 10.3 Å². The molecule has 0 spiro atoms. The molecule has 0 aliphatic rings. The normalized spacial score (nSPS) is 10.5. The van der Waals surface area contributed by atoms with Gasteiger partial charge in [0.1, 0.15) is 0 Å². The Labute approximate surface area is 110 Å². The molecule has 0 aliphatic carbocycles. The van der Waals surface area contributed by atoms with Gasteiger partial charge in [0.15, 0.2) is 10.3 Å². The molecule has 1 aromatic rings. The molecule has 0 heterocycles. The van der Waals surface area contributed by atoms with Crippen molar-refractivity contribution >= 4 is 16.0 Å². The van der Waals surface area contributed by atoms with Crippen molar-refractivity contribution in [2.75, 3.05) is 11.5 Å². The summed E-state index contributed by atoms with van der Waals surface area (Å²) in [5.41, 5.74) is 2.16. The number of rotatable bonds is 4. The van der Waals surface area contributed by atoms with Gasteiger partial charge in [-0.15, -0.1) is 0 Å². The van der Waals surface area contributed by atoms with Crippen LogP contribution in [0, 0.1) is 0 Å². The Morgan fingerprint density at radius 1 is 1.33 bits per heavy atom. The fourth-order valence-corrected chi connectivity index (χ4v) is 1.42. The van der Waals surface area contributed by atoms with E-state index in [1.807, 2.05) is 5.59 Å². The standard InChI is InChI=1S/C7H10N2O4S.Na/c1-13-8-9(14(10,11)12)7-5-3-2-4-6-7;/h2-6,8H,1H3,(H,10,11,12);/q;+1/p-1. The van der Waals surface area contributed by atoms with E-state index in [0.717, 1.165) is 0 Å². The second kappa shape index (κ2) is 6.44. The summed E-state index contributed by atoms with van der Waals surface area (Å²) in [5, 5.41) is 0. The Kier molecular flexibility index (Phi) is 6.37. The zero-order valence-electron chi connectivity index (χ0n) is 8.38. The first-order valence-corrected chi connectivity index (χ1v) is 5.02. The third kappa shape index (κ3) is 4.47. The van der Waals surface area contributed by atoms with Gasteiger partial charge in [0.25, 0.3) is 0 Å². The van der Waals surface area contributed by atoms with Gasteiger partial charge in [0.2, 0.25) is 0 Å². The van der Waals surface area contributed by atoms with Crippen LogP contribution in [-0.2, 0) is 15.1 Å². The molecular weight excluding hydrogens is 231 g/mol. The topological polar surface area (TPSA) is 81.7 Å². The summed E-state index contributed by atoms with van der Waals surface area (Å²) in [5.74, 6) is 0. The van der Waals surface area contributed by atoms with Gasteiger partial charge in [-0.2, -0.15) is 4.41 Å². The smallest absolute Gasteiger partial charge is 0.730 e. The number of anilines is 1. The zero-order chi connectivity index (χ0) is 10.6. The van der Waals surface area contributed by atoms with Gasteiger partial charge in [-0.1, -0.05) is 23.8 Å². The maximum atomic E-state index is 10.7. The second-order valence-electron chi connectivity index (χ2n) is 2.35. The van der Waals surface area contributed by atoms with Crippen LogP contribution in [0.3, 0.4) is 0 Å². The van der Waals surface area contributed by atoms with Crippen molar-refractivity contribution in [3.05, 3.63) is 30.3 Å². The number of hydrogen-bond acceptors (Lipinski definition) is 5. The average Bonchev–Trinajstić information content (AvgIpc) is 2.14. The molecule has 0 amide bonds. The largest absolute Gasteiger partial charge is 1.00 e. The van der Waals surface area contributed by atoms with Crippen LogP contribution < -0.4 is 39.6 Å². The van der Waals surface area contributed by atoms with Crippen molar-refractivity contribution in [3.8, 4) is 0 Å². The van der Waals surface area contributed by atoms with Crippen LogP contribution in [0.5, 0.6) is 0 Å². The molecule has 0 radical (unpaired) electrons. The van der Waals surface area contributed by atoms with Crippen molar-refractivity contribution < 1.29 is 47.4 Å². The molecule has 8 heteroatoms. The summed E-state index contributed by atoms with van der Waals surface area (Å²) in [6.45, 7) is 0. The van der Waals surface area contributed by atoms with Gasteiger partial charge in [0.05, 0.1) is 12.8 Å². The molecule has 0 fully saturated rings. The van der Waals surface area contributed by atoms with E-state index in [2.05, 4.69) is 4.84 Å². The molecule has 0 bridgehead atoms. The fraction of sp³-hybridized carbons (Fsp3) is 0.143. The predicted molar refractivity (Wildman–Crippen MR) is 48.8 cm³/mol. The number of nitrogens with zero attached hydrogens (tertiary/aromatic N) is 1. The van der Waals surface area contributed by atoms with Gasteiger partial charge < -0.3 is 4.55 Å². The first-order valence-electron chi connectivity index (χ1n) is 3.65. The van der Waals surface area contributed by atoms with Crippen LogP contribution in [0.1, 0.15) is 0 Å². The van der Waals surface area contributed by atoms with E-state index in [4.69, 9.17) is 0 Å². The molecule has 15 heavy (non-hydrogen) atoms. The Bertz CT molecular complexity index is 383. The molecule has 6 nitrogen and oxygen atoms in total. The van der Waals surface area contributed by atoms with E-state index in [1.54, 1.807) is 18.2 Å². The van der Waals surface area contributed by atoms with Gasteiger partial charge in [-0.05, 0) is 12.1 Å². The SMILES string of the molecule is CONN(c1ccccc1)S(=O)(=O)[O-].[Na+]. The molecule has 0 saturated carbocycles. The molecule has 0 aromatic heterocycles. The van der Waals surface area contributed by atoms with Crippen molar-refractivity contribution in [2.24, 2.45) is 0 Å². The van der Waals surface area contributed by atoms with Crippen molar-refractivity contribution in [2.45, 2.75) is 0 Å². The second-order valence-corrected chi connectivity index (χ2v) is 3.57. The Balaban J connectivity index is 0.00000196. The monoisotopic (exact) mass is 240 g/mol. The summed E-state index contributed by atoms with van der Waals surface area (Å²) in [7, 11) is -3.42. The van der Waals surface area contributed by atoms with Crippen LogP contribution >= 0.6 is 0 Å². The van der Waals surface area contributed by atoms with E-state index in [-0.39, 0.29) is 35.2 Å². The molecule has 1 N–H and O–H groups in total. The minimum atomic E-state index is -4.63. The van der Waals surface area contributed by atoms with Crippen LogP contribution in [0.2, 0.25) is 0 Å². The van der Waals surface area contributed by atoms with Crippen LogP contribution in [0.4, 0.5) is 5.69 Å².